The summed E-state index contributed by atoms with van der Waals surface area (Å²) >= 11 is 0. The molecule has 0 spiro atoms. The summed E-state index contributed by atoms with van der Waals surface area (Å²) in [5, 5.41) is 18.0. The molecule has 0 aromatic heterocycles. The van der Waals surface area contributed by atoms with E-state index >= 15 is 0 Å². The minimum absolute atomic E-state index is 0.0186. The van der Waals surface area contributed by atoms with E-state index in [-0.39, 0.29) is 28.9 Å². The number of hydrogen-bond donors (Lipinski definition) is 2. The molecule has 0 aliphatic rings. The summed E-state index contributed by atoms with van der Waals surface area (Å²) in [6, 6.07) is 8.16. The van der Waals surface area contributed by atoms with Crippen LogP contribution in [0.5, 0.6) is 11.5 Å². The van der Waals surface area contributed by atoms with Crippen molar-refractivity contribution in [1.82, 2.24) is 0 Å². The molecule has 0 aliphatic heterocycles. The molecule has 0 radical (unpaired) electrons. The van der Waals surface area contributed by atoms with E-state index in [1.165, 1.54) is 37.4 Å². The van der Waals surface area contributed by atoms with Gasteiger partial charge in [0.1, 0.15) is 16.4 Å². The first kappa shape index (κ1) is 22.6. The first-order chi connectivity index (χ1) is 14.1. The standard InChI is InChI=1S/C18H21N5O6S/c1-12-8-15(28-7-3-6-21-22-18(19)20)11-16(9-12)29-30(26,27)17-10-14(23(24)25)5-4-13(17)2/h4-6,8-11H,3,7H2,1-2H3,(H4,19,20,22)/b21-6-. The van der Waals surface area contributed by atoms with E-state index in [0.29, 0.717) is 23.3 Å². The van der Waals surface area contributed by atoms with Crippen molar-refractivity contribution >= 4 is 28.0 Å². The van der Waals surface area contributed by atoms with Crippen LogP contribution in [0, 0.1) is 24.0 Å². The SMILES string of the molecule is Cc1cc(OCC/C=N\N=C(N)N)cc(OS(=O)(=O)c2cc([N+](=O)[O-])ccc2C)c1. The predicted molar refractivity (Wildman–Crippen MR) is 111 cm³/mol. The number of nitro benzene ring substituents is 1. The quantitative estimate of drug-likeness (QED) is 0.150. The fourth-order valence-corrected chi connectivity index (χ4v) is 3.55. The van der Waals surface area contributed by atoms with Crippen molar-refractivity contribution in [1.29, 1.82) is 0 Å². The van der Waals surface area contributed by atoms with Crippen LogP contribution < -0.4 is 20.4 Å². The van der Waals surface area contributed by atoms with Gasteiger partial charge in [-0.3, -0.25) is 10.1 Å². The molecule has 0 heterocycles. The van der Waals surface area contributed by atoms with Gasteiger partial charge >= 0.3 is 10.1 Å². The molecule has 0 amide bonds. The molecule has 0 bridgehead atoms. The molecule has 4 N–H and O–H groups in total. The van der Waals surface area contributed by atoms with Gasteiger partial charge < -0.3 is 20.4 Å². The van der Waals surface area contributed by atoms with Gasteiger partial charge in [-0.1, -0.05) is 6.07 Å². The fraction of sp³-hybridized carbons (Fsp3) is 0.222. The van der Waals surface area contributed by atoms with Gasteiger partial charge in [0.15, 0.2) is 0 Å². The maximum absolute atomic E-state index is 12.7. The summed E-state index contributed by atoms with van der Waals surface area (Å²) in [5.41, 5.74) is 11.0. The second kappa shape index (κ2) is 9.69. The van der Waals surface area contributed by atoms with Crippen molar-refractivity contribution in [3.63, 3.8) is 0 Å². The lowest BCUT2D eigenvalue weighted by Crippen LogP contribution is -2.21. The number of nitro groups is 1. The van der Waals surface area contributed by atoms with Crippen LogP contribution in [0.3, 0.4) is 0 Å². The Hall–Kier alpha value is -3.67. The summed E-state index contributed by atoms with van der Waals surface area (Å²) in [6.45, 7) is 3.50. The van der Waals surface area contributed by atoms with Crippen LogP contribution in [0.2, 0.25) is 0 Å². The van der Waals surface area contributed by atoms with E-state index in [1.54, 1.807) is 13.0 Å². The highest BCUT2D eigenvalue weighted by atomic mass is 32.2. The van der Waals surface area contributed by atoms with Crippen molar-refractivity contribution in [2.75, 3.05) is 6.61 Å². The lowest BCUT2D eigenvalue weighted by Gasteiger charge is -2.12. The van der Waals surface area contributed by atoms with E-state index in [0.717, 1.165) is 6.07 Å². The Kier molecular flexibility index (Phi) is 7.31. The number of ether oxygens (including phenoxy) is 1. The molecule has 2 aromatic carbocycles. The molecule has 0 fully saturated rings. The number of benzene rings is 2. The third-order valence-corrected chi connectivity index (χ3v) is 5.04. The maximum Gasteiger partial charge on any atom is 0.339 e. The smallest absolute Gasteiger partial charge is 0.339 e. The second-order valence-corrected chi connectivity index (χ2v) is 7.70. The van der Waals surface area contributed by atoms with Crippen LogP contribution in [-0.2, 0) is 10.1 Å². The van der Waals surface area contributed by atoms with E-state index in [9.17, 15) is 18.5 Å². The number of hydrogen-bond acceptors (Lipinski definition) is 8. The van der Waals surface area contributed by atoms with Crippen LogP contribution >= 0.6 is 0 Å². The van der Waals surface area contributed by atoms with Crippen molar-refractivity contribution in [3.8, 4) is 11.5 Å². The third-order valence-electron chi connectivity index (χ3n) is 3.65. The third kappa shape index (κ3) is 6.44. The Balaban J connectivity index is 2.17. The summed E-state index contributed by atoms with van der Waals surface area (Å²) in [5.74, 6) is 0.240. The fourth-order valence-electron chi connectivity index (χ4n) is 2.38. The average Bonchev–Trinajstić information content (AvgIpc) is 2.63. The van der Waals surface area contributed by atoms with E-state index in [4.69, 9.17) is 20.4 Å². The van der Waals surface area contributed by atoms with E-state index in [1.807, 2.05) is 0 Å². The zero-order chi connectivity index (χ0) is 22.3. The Bertz CT molecular complexity index is 1090. The lowest BCUT2D eigenvalue weighted by atomic mass is 10.2. The summed E-state index contributed by atoms with van der Waals surface area (Å²) in [4.78, 5) is 10.0. The zero-order valence-corrected chi connectivity index (χ0v) is 17.1. The Labute approximate surface area is 173 Å². The number of non-ortho nitro benzene ring substituents is 1. The van der Waals surface area contributed by atoms with Gasteiger partial charge in [0, 0.05) is 30.8 Å². The van der Waals surface area contributed by atoms with Crippen LogP contribution in [0.4, 0.5) is 5.69 Å². The molecule has 0 atom stereocenters. The van der Waals surface area contributed by atoms with Crippen LogP contribution in [0.15, 0.2) is 51.5 Å². The van der Waals surface area contributed by atoms with Gasteiger partial charge in [0.05, 0.1) is 11.5 Å². The van der Waals surface area contributed by atoms with Crippen LogP contribution in [-0.4, -0.2) is 32.1 Å². The molecular weight excluding hydrogens is 414 g/mol. The molecule has 0 aliphatic carbocycles. The van der Waals surface area contributed by atoms with Crippen molar-refractivity contribution in [2.24, 2.45) is 21.7 Å². The summed E-state index contributed by atoms with van der Waals surface area (Å²) < 4.78 is 36.1. The van der Waals surface area contributed by atoms with E-state index in [2.05, 4.69) is 10.2 Å². The highest BCUT2D eigenvalue weighted by Crippen LogP contribution is 2.28. The molecule has 0 unspecified atom stereocenters. The number of rotatable bonds is 9. The first-order valence-corrected chi connectivity index (χ1v) is 10.0. The molecule has 2 rings (SSSR count). The van der Waals surface area contributed by atoms with Gasteiger partial charge in [-0.25, -0.2) is 0 Å². The van der Waals surface area contributed by atoms with Gasteiger partial charge in [0.25, 0.3) is 5.69 Å². The molecule has 0 saturated carbocycles. The van der Waals surface area contributed by atoms with Crippen molar-refractivity contribution < 1.29 is 22.3 Å². The Morgan fingerprint density at radius 3 is 2.53 bits per heavy atom. The van der Waals surface area contributed by atoms with Crippen LogP contribution in [0.1, 0.15) is 17.5 Å². The van der Waals surface area contributed by atoms with Crippen LogP contribution in [0.25, 0.3) is 0 Å². The average molecular weight is 435 g/mol. The molecule has 11 nitrogen and oxygen atoms in total. The monoisotopic (exact) mass is 435 g/mol. The summed E-state index contributed by atoms with van der Waals surface area (Å²) in [6.07, 6.45) is 1.87. The first-order valence-electron chi connectivity index (χ1n) is 8.63. The molecule has 30 heavy (non-hydrogen) atoms. The maximum atomic E-state index is 12.7. The number of aryl methyl sites for hydroxylation is 2. The zero-order valence-electron chi connectivity index (χ0n) is 16.3. The number of guanidine groups is 1. The van der Waals surface area contributed by atoms with Crippen molar-refractivity contribution in [2.45, 2.75) is 25.2 Å². The minimum Gasteiger partial charge on any atom is -0.493 e. The highest BCUT2D eigenvalue weighted by Gasteiger charge is 2.23. The van der Waals surface area contributed by atoms with E-state index < -0.39 is 15.0 Å². The predicted octanol–water partition coefficient (Wildman–Crippen LogP) is 2.01. The van der Waals surface area contributed by atoms with Gasteiger partial charge in [0.2, 0.25) is 5.96 Å². The van der Waals surface area contributed by atoms with Crippen molar-refractivity contribution in [3.05, 3.63) is 57.6 Å². The van der Waals surface area contributed by atoms with Gasteiger partial charge in [-0.05, 0) is 37.1 Å². The molecule has 0 saturated heterocycles. The largest absolute Gasteiger partial charge is 0.493 e. The lowest BCUT2D eigenvalue weighted by molar-refractivity contribution is -0.385. The molecule has 2 aromatic rings. The molecular formula is C18H21N5O6S. The number of nitrogens with zero attached hydrogens (tertiary/aromatic N) is 3. The molecule has 160 valence electrons. The minimum atomic E-state index is -4.29. The summed E-state index contributed by atoms with van der Waals surface area (Å²) in [7, 11) is -4.29. The number of nitrogens with two attached hydrogens (primary N) is 2. The van der Waals surface area contributed by atoms with Gasteiger partial charge in [-0.2, -0.15) is 13.5 Å². The normalized spacial score (nSPS) is 11.3. The Morgan fingerprint density at radius 2 is 1.87 bits per heavy atom. The second-order valence-electron chi connectivity index (χ2n) is 6.19. The molecule has 12 heteroatoms. The van der Waals surface area contributed by atoms with Gasteiger partial charge in [-0.15, -0.1) is 5.10 Å². The topological polar surface area (TPSA) is 172 Å². The highest BCUT2D eigenvalue weighted by molar-refractivity contribution is 7.87. The Morgan fingerprint density at radius 1 is 1.17 bits per heavy atom.